The topological polar surface area (TPSA) is 98.5 Å². The number of amides is 2. The van der Waals surface area contributed by atoms with Crippen LogP contribution < -0.4 is 11.1 Å². The molecule has 6 nitrogen and oxygen atoms in total. The van der Waals surface area contributed by atoms with Crippen molar-refractivity contribution in [3.05, 3.63) is 55.9 Å². The van der Waals surface area contributed by atoms with Gasteiger partial charge in [-0.3, -0.25) is 9.59 Å². The van der Waals surface area contributed by atoms with Gasteiger partial charge in [-0.15, -0.1) is 11.3 Å². The zero-order chi connectivity index (χ0) is 20.1. The molecule has 142 valence electrons. The Morgan fingerprint density at radius 3 is 2.56 bits per heavy atom. The number of nitrogens with one attached hydrogen (secondary N) is 1. The van der Waals surface area contributed by atoms with Crippen molar-refractivity contribution in [2.75, 3.05) is 11.9 Å². The van der Waals surface area contributed by atoms with E-state index in [0.29, 0.717) is 21.2 Å². The summed E-state index contributed by atoms with van der Waals surface area (Å²) in [7, 11) is 0. The fraction of sp³-hybridized carbons (Fsp3) is 0.167. The molecule has 9 heteroatoms. The van der Waals surface area contributed by atoms with Crippen molar-refractivity contribution in [2.45, 2.75) is 13.8 Å². The van der Waals surface area contributed by atoms with Crippen LogP contribution in [0.15, 0.2) is 24.3 Å². The van der Waals surface area contributed by atoms with Gasteiger partial charge in [0, 0.05) is 6.08 Å². The Morgan fingerprint density at radius 1 is 1.26 bits per heavy atom. The molecule has 0 spiro atoms. The molecule has 0 atom stereocenters. The van der Waals surface area contributed by atoms with Gasteiger partial charge in [0.2, 0.25) is 5.91 Å². The molecule has 1 aromatic heterocycles. The van der Waals surface area contributed by atoms with Gasteiger partial charge < -0.3 is 15.8 Å². The zero-order valence-corrected chi connectivity index (χ0v) is 16.8. The van der Waals surface area contributed by atoms with Crippen molar-refractivity contribution >= 4 is 63.4 Å². The van der Waals surface area contributed by atoms with E-state index in [-0.39, 0.29) is 22.0 Å². The molecule has 2 aromatic rings. The number of anilines is 1. The third kappa shape index (κ3) is 5.09. The van der Waals surface area contributed by atoms with E-state index >= 15 is 0 Å². The van der Waals surface area contributed by atoms with E-state index in [1.165, 1.54) is 12.2 Å². The molecule has 2 amide bonds. The van der Waals surface area contributed by atoms with Crippen molar-refractivity contribution in [1.82, 2.24) is 0 Å². The van der Waals surface area contributed by atoms with Gasteiger partial charge in [-0.05, 0) is 43.2 Å². The predicted molar refractivity (Wildman–Crippen MR) is 108 cm³/mol. The lowest BCUT2D eigenvalue weighted by Crippen LogP contribution is -2.13. The molecule has 27 heavy (non-hydrogen) atoms. The fourth-order valence-corrected chi connectivity index (χ4v) is 3.58. The minimum atomic E-state index is -0.685. The van der Waals surface area contributed by atoms with Crippen LogP contribution >= 0.6 is 34.5 Å². The molecule has 0 aliphatic heterocycles. The molecule has 0 radical (unpaired) electrons. The van der Waals surface area contributed by atoms with Crippen LogP contribution in [-0.2, 0) is 9.53 Å². The van der Waals surface area contributed by atoms with E-state index in [1.807, 2.05) is 0 Å². The van der Waals surface area contributed by atoms with Crippen LogP contribution in [0, 0.1) is 6.92 Å². The minimum absolute atomic E-state index is 0.118. The number of thiophene rings is 1. The maximum atomic E-state index is 12.2. The number of esters is 1. The van der Waals surface area contributed by atoms with Crippen LogP contribution in [0.25, 0.3) is 6.08 Å². The summed E-state index contributed by atoms with van der Waals surface area (Å²) in [6.07, 6.45) is 2.81. The number of primary amides is 1. The molecule has 3 N–H and O–H groups in total. The van der Waals surface area contributed by atoms with E-state index in [4.69, 9.17) is 33.7 Å². The Hall–Kier alpha value is -2.35. The molecule has 2 rings (SSSR count). The van der Waals surface area contributed by atoms with Crippen molar-refractivity contribution in [2.24, 2.45) is 5.73 Å². The maximum absolute atomic E-state index is 12.2. The van der Waals surface area contributed by atoms with Crippen molar-refractivity contribution in [3.8, 4) is 0 Å². The quantitative estimate of drug-likeness (QED) is 0.531. The fourth-order valence-electron chi connectivity index (χ4n) is 2.23. The number of ether oxygens (including phenoxy) is 1. The normalized spacial score (nSPS) is 10.8. The molecule has 0 unspecified atom stereocenters. The van der Waals surface area contributed by atoms with E-state index in [2.05, 4.69) is 5.32 Å². The lowest BCUT2D eigenvalue weighted by atomic mass is 10.1. The summed E-state index contributed by atoms with van der Waals surface area (Å²) < 4.78 is 5.00. The van der Waals surface area contributed by atoms with Gasteiger partial charge in [0.15, 0.2) is 0 Å². The van der Waals surface area contributed by atoms with E-state index in [9.17, 15) is 14.4 Å². The number of nitrogens with two attached hydrogens (primary N) is 1. The molecule has 0 saturated carbocycles. The number of benzene rings is 1. The average Bonchev–Trinajstić information content (AvgIpc) is 2.92. The molecule has 0 aliphatic rings. The summed E-state index contributed by atoms with van der Waals surface area (Å²) in [5, 5.41) is 3.56. The van der Waals surface area contributed by atoms with Gasteiger partial charge in [-0.1, -0.05) is 29.3 Å². The summed E-state index contributed by atoms with van der Waals surface area (Å²) in [4.78, 5) is 36.2. The Balaban J connectivity index is 2.27. The molecular formula is C18H16Cl2N2O4S. The van der Waals surface area contributed by atoms with E-state index in [1.54, 1.807) is 32.0 Å². The molecule has 1 aromatic carbocycles. The van der Waals surface area contributed by atoms with Crippen molar-refractivity contribution in [1.29, 1.82) is 0 Å². The molecule has 1 heterocycles. The van der Waals surface area contributed by atoms with Gasteiger partial charge in [0.1, 0.15) is 5.00 Å². The first-order valence-corrected chi connectivity index (χ1v) is 9.36. The molecule has 0 bridgehead atoms. The predicted octanol–water partition coefficient (Wildman–Crippen LogP) is 4.29. The number of hydrogen-bond donors (Lipinski definition) is 2. The van der Waals surface area contributed by atoms with E-state index < -0.39 is 17.8 Å². The largest absolute Gasteiger partial charge is 0.462 e. The Bertz CT molecular complexity index is 938. The number of hydrogen-bond acceptors (Lipinski definition) is 5. The highest BCUT2D eigenvalue weighted by Gasteiger charge is 2.25. The summed E-state index contributed by atoms with van der Waals surface area (Å²) in [6, 6.07) is 4.92. The van der Waals surface area contributed by atoms with Crippen LogP contribution in [-0.4, -0.2) is 24.4 Å². The number of carbonyl (C=O) groups is 3. The Morgan fingerprint density at radius 2 is 1.96 bits per heavy atom. The van der Waals surface area contributed by atoms with Gasteiger partial charge in [0.05, 0.1) is 27.1 Å². The number of halogens is 2. The number of carbonyl (C=O) groups excluding carboxylic acids is 3. The SMILES string of the molecule is CCOC(=O)c1c(NC(=O)C=Cc2ccc(Cl)c(Cl)c2)sc(C(N)=O)c1C. The third-order valence-electron chi connectivity index (χ3n) is 3.46. The summed E-state index contributed by atoms with van der Waals surface area (Å²) in [5.41, 5.74) is 6.49. The lowest BCUT2D eigenvalue weighted by Gasteiger charge is -2.05. The van der Waals surface area contributed by atoms with Crippen molar-refractivity contribution in [3.63, 3.8) is 0 Å². The second-order valence-electron chi connectivity index (χ2n) is 5.34. The standard InChI is InChI=1S/C18H16Cl2N2O4S/c1-3-26-18(25)14-9(2)15(16(21)24)27-17(14)22-13(23)7-5-10-4-6-11(19)12(20)8-10/h4-8H,3H2,1-2H3,(H2,21,24)(H,22,23). The maximum Gasteiger partial charge on any atom is 0.341 e. The summed E-state index contributed by atoms with van der Waals surface area (Å²) >= 11 is 12.7. The molecule has 0 aliphatic carbocycles. The third-order valence-corrected chi connectivity index (χ3v) is 5.42. The summed E-state index contributed by atoms with van der Waals surface area (Å²) in [6.45, 7) is 3.39. The Kier molecular flexibility index (Phi) is 7.01. The second kappa shape index (κ2) is 9.03. The lowest BCUT2D eigenvalue weighted by molar-refractivity contribution is -0.111. The molecular weight excluding hydrogens is 411 g/mol. The average molecular weight is 427 g/mol. The van der Waals surface area contributed by atoms with Gasteiger partial charge in [-0.2, -0.15) is 0 Å². The molecule has 0 saturated heterocycles. The zero-order valence-electron chi connectivity index (χ0n) is 14.5. The summed E-state index contributed by atoms with van der Waals surface area (Å²) in [5.74, 6) is -1.82. The van der Waals surface area contributed by atoms with Crippen LogP contribution in [0.4, 0.5) is 5.00 Å². The first-order valence-electron chi connectivity index (χ1n) is 7.79. The highest BCUT2D eigenvalue weighted by Crippen LogP contribution is 2.33. The highest BCUT2D eigenvalue weighted by molar-refractivity contribution is 7.18. The van der Waals surface area contributed by atoms with Gasteiger partial charge in [0.25, 0.3) is 5.91 Å². The number of rotatable bonds is 6. The Labute approximate surface area is 169 Å². The minimum Gasteiger partial charge on any atom is -0.462 e. The van der Waals surface area contributed by atoms with Gasteiger partial charge >= 0.3 is 5.97 Å². The molecule has 0 fully saturated rings. The van der Waals surface area contributed by atoms with Crippen LogP contribution in [0.1, 0.15) is 38.1 Å². The van der Waals surface area contributed by atoms with Crippen LogP contribution in [0.3, 0.4) is 0 Å². The monoisotopic (exact) mass is 426 g/mol. The second-order valence-corrected chi connectivity index (χ2v) is 7.18. The first-order chi connectivity index (χ1) is 12.7. The smallest absolute Gasteiger partial charge is 0.341 e. The first kappa shape index (κ1) is 21.0. The van der Waals surface area contributed by atoms with E-state index in [0.717, 1.165) is 11.3 Å². The van der Waals surface area contributed by atoms with Crippen LogP contribution in [0.2, 0.25) is 10.0 Å². The van der Waals surface area contributed by atoms with Gasteiger partial charge in [-0.25, -0.2) is 4.79 Å². The highest BCUT2D eigenvalue weighted by atomic mass is 35.5. The van der Waals surface area contributed by atoms with Crippen LogP contribution in [0.5, 0.6) is 0 Å². The van der Waals surface area contributed by atoms with Crippen molar-refractivity contribution < 1.29 is 19.1 Å².